The highest BCUT2D eigenvalue weighted by Crippen LogP contribution is 2.17. The number of para-hydroxylation sites is 1. The van der Waals surface area contributed by atoms with Crippen LogP contribution in [0.5, 0.6) is 0 Å². The van der Waals surface area contributed by atoms with Gasteiger partial charge >= 0.3 is 0 Å². The predicted octanol–water partition coefficient (Wildman–Crippen LogP) is 1.73. The molecule has 0 fully saturated rings. The van der Waals surface area contributed by atoms with Crippen molar-refractivity contribution < 1.29 is 9.72 Å². The largest absolute Gasteiger partial charge is 0.352 e. The third-order valence-electron chi connectivity index (χ3n) is 2.73. The lowest BCUT2D eigenvalue weighted by Crippen LogP contribution is -2.23. The Bertz CT molecular complexity index is 447. The van der Waals surface area contributed by atoms with Crippen molar-refractivity contribution in [1.82, 2.24) is 5.32 Å². The van der Waals surface area contributed by atoms with E-state index in [4.69, 9.17) is 5.73 Å². The molecule has 0 aliphatic rings. The van der Waals surface area contributed by atoms with E-state index in [0.717, 1.165) is 12.8 Å². The standard InChI is InChI=1S/C13H19N3O3/c1-10(14)5-4-8-13(17)15-9-11-6-2-3-7-12(11)16(18)19/h2-3,6-7,10H,4-5,8-9,14H2,1H3,(H,15,17). The van der Waals surface area contributed by atoms with E-state index in [1.807, 2.05) is 6.92 Å². The van der Waals surface area contributed by atoms with Crippen LogP contribution in [0.15, 0.2) is 24.3 Å². The molecule has 0 aromatic heterocycles. The Hall–Kier alpha value is -1.95. The van der Waals surface area contributed by atoms with Crippen molar-refractivity contribution in [2.45, 2.75) is 38.8 Å². The number of hydrogen-bond donors (Lipinski definition) is 2. The summed E-state index contributed by atoms with van der Waals surface area (Å²) in [5, 5.41) is 13.5. The normalized spacial score (nSPS) is 11.9. The van der Waals surface area contributed by atoms with Crippen LogP contribution in [0, 0.1) is 10.1 Å². The smallest absolute Gasteiger partial charge is 0.274 e. The van der Waals surface area contributed by atoms with Crippen molar-refractivity contribution >= 4 is 11.6 Å². The summed E-state index contributed by atoms with van der Waals surface area (Å²) in [7, 11) is 0. The van der Waals surface area contributed by atoms with Crippen LogP contribution in [0.25, 0.3) is 0 Å². The van der Waals surface area contributed by atoms with Crippen molar-refractivity contribution in [3.63, 3.8) is 0 Å². The van der Waals surface area contributed by atoms with Crippen molar-refractivity contribution in [2.24, 2.45) is 5.73 Å². The van der Waals surface area contributed by atoms with Gasteiger partial charge < -0.3 is 11.1 Å². The zero-order chi connectivity index (χ0) is 14.3. The van der Waals surface area contributed by atoms with Gasteiger partial charge in [-0.15, -0.1) is 0 Å². The topological polar surface area (TPSA) is 98.3 Å². The number of carbonyl (C=O) groups excluding carboxylic acids is 1. The fourth-order valence-corrected chi connectivity index (χ4v) is 1.71. The molecule has 0 aliphatic carbocycles. The average Bonchev–Trinajstić information content (AvgIpc) is 2.36. The van der Waals surface area contributed by atoms with Crippen molar-refractivity contribution in [1.29, 1.82) is 0 Å². The first-order chi connectivity index (χ1) is 9.00. The second-order valence-corrected chi connectivity index (χ2v) is 4.53. The third kappa shape index (κ3) is 5.48. The zero-order valence-corrected chi connectivity index (χ0v) is 11.0. The van der Waals surface area contributed by atoms with E-state index in [0.29, 0.717) is 12.0 Å². The second-order valence-electron chi connectivity index (χ2n) is 4.53. The average molecular weight is 265 g/mol. The summed E-state index contributed by atoms with van der Waals surface area (Å²) in [5.41, 5.74) is 6.12. The van der Waals surface area contributed by atoms with Gasteiger partial charge in [0.1, 0.15) is 0 Å². The summed E-state index contributed by atoms with van der Waals surface area (Å²) in [6, 6.07) is 6.47. The van der Waals surface area contributed by atoms with E-state index >= 15 is 0 Å². The fraction of sp³-hybridized carbons (Fsp3) is 0.462. The fourth-order valence-electron chi connectivity index (χ4n) is 1.71. The van der Waals surface area contributed by atoms with E-state index in [9.17, 15) is 14.9 Å². The number of benzene rings is 1. The summed E-state index contributed by atoms with van der Waals surface area (Å²) < 4.78 is 0. The summed E-state index contributed by atoms with van der Waals surface area (Å²) in [6.45, 7) is 2.07. The highest BCUT2D eigenvalue weighted by Gasteiger charge is 2.12. The highest BCUT2D eigenvalue weighted by atomic mass is 16.6. The highest BCUT2D eigenvalue weighted by molar-refractivity contribution is 5.75. The number of nitro groups is 1. The van der Waals surface area contributed by atoms with Gasteiger partial charge in [0.05, 0.1) is 4.92 Å². The number of nitro benzene ring substituents is 1. The molecule has 1 atom stereocenters. The van der Waals surface area contributed by atoms with Crippen LogP contribution in [-0.2, 0) is 11.3 Å². The van der Waals surface area contributed by atoms with Crippen molar-refractivity contribution in [3.8, 4) is 0 Å². The molecular formula is C13H19N3O3. The van der Waals surface area contributed by atoms with Crippen LogP contribution < -0.4 is 11.1 Å². The second kappa shape index (κ2) is 7.48. The molecule has 0 aliphatic heterocycles. The van der Waals surface area contributed by atoms with Crippen LogP contribution >= 0.6 is 0 Å². The van der Waals surface area contributed by atoms with Gasteiger partial charge in [0.25, 0.3) is 5.69 Å². The summed E-state index contributed by atoms with van der Waals surface area (Å²) in [4.78, 5) is 21.9. The van der Waals surface area contributed by atoms with E-state index in [-0.39, 0.29) is 24.2 Å². The molecule has 1 aromatic carbocycles. The zero-order valence-electron chi connectivity index (χ0n) is 11.0. The first kappa shape index (κ1) is 15.1. The predicted molar refractivity (Wildman–Crippen MR) is 72.4 cm³/mol. The maximum absolute atomic E-state index is 11.6. The SMILES string of the molecule is CC(N)CCCC(=O)NCc1ccccc1[N+](=O)[O-]. The molecule has 19 heavy (non-hydrogen) atoms. The number of carbonyl (C=O) groups is 1. The molecule has 1 amide bonds. The summed E-state index contributed by atoms with van der Waals surface area (Å²) in [5.74, 6) is -0.112. The minimum absolute atomic E-state index is 0.0263. The monoisotopic (exact) mass is 265 g/mol. The Balaban J connectivity index is 2.44. The lowest BCUT2D eigenvalue weighted by atomic mass is 10.1. The molecule has 6 heteroatoms. The Kier molecular flexibility index (Phi) is 5.95. The van der Waals surface area contributed by atoms with E-state index in [1.165, 1.54) is 6.07 Å². The first-order valence-corrected chi connectivity index (χ1v) is 6.25. The number of nitrogens with two attached hydrogens (primary N) is 1. The molecule has 1 unspecified atom stereocenters. The third-order valence-corrected chi connectivity index (χ3v) is 2.73. The Morgan fingerprint density at radius 1 is 1.47 bits per heavy atom. The van der Waals surface area contributed by atoms with Gasteiger partial charge in [-0.2, -0.15) is 0 Å². The summed E-state index contributed by atoms with van der Waals surface area (Å²) in [6.07, 6.45) is 1.90. The minimum atomic E-state index is -0.447. The lowest BCUT2D eigenvalue weighted by molar-refractivity contribution is -0.385. The minimum Gasteiger partial charge on any atom is -0.352 e. The molecule has 6 nitrogen and oxygen atoms in total. The molecule has 0 heterocycles. The Morgan fingerprint density at radius 3 is 2.79 bits per heavy atom. The number of amides is 1. The van der Waals surface area contributed by atoms with Gasteiger partial charge in [-0.1, -0.05) is 18.2 Å². The van der Waals surface area contributed by atoms with Gasteiger partial charge in [0.2, 0.25) is 5.91 Å². The molecule has 0 saturated carbocycles. The molecule has 0 saturated heterocycles. The molecule has 0 radical (unpaired) electrons. The van der Waals surface area contributed by atoms with Gasteiger partial charge in [-0.3, -0.25) is 14.9 Å². The number of rotatable bonds is 7. The van der Waals surface area contributed by atoms with Crippen LogP contribution in [0.1, 0.15) is 31.7 Å². The lowest BCUT2D eigenvalue weighted by Gasteiger charge is -2.07. The van der Waals surface area contributed by atoms with Gasteiger partial charge in [-0.05, 0) is 19.8 Å². The van der Waals surface area contributed by atoms with Gasteiger partial charge in [0, 0.05) is 30.6 Å². The van der Waals surface area contributed by atoms with Gasteiger partial charge in [-0.25, -0.2) is 0 Å². The molecule has 104 valence electrons. The van der Waals surface area contributed by atoms with Crippen LogP contribution in [0.2, 0.25) is 0 Å². The number of nitrogens with one attached hydrogen (secondary N) is 1. The van der Waals surface area contributed by atoms with Crippen LogP contribution in [0.4, 0.5) is 5.69 Å². The maximum atomic E-state index is 11.6. The number of nitrogens with zero attached hydrogens (tertiary/aromatic N) is 1. The quantitative estimate of drug-likeness (QED) is 0.579. The first-order valence-electron chi connectivity index (χ1n) is 6.25. The Labute approximate surface area is 112 Å². The molecule has 0 spiro atoms. The summed E-state index contributed by atoms with van der Waals surface area (Å²) >= 11 is 0. The van der Waals surface area contributed by atoms with E-state index in [1.54, 1.807) is 18.2 Å². The van der Waals surface area contributed by atoms with Gasteiger partial charge in [0.15, 0.2) is 0 Å². The molecule has 1 aromatic rings. The van der Waals surface area contributed by atoms with Crippen molar-refractivity contribution in [2.75, 3.05) is 0 Å². The molecular weight excluding hydrogens is 246 g/mol. The number of hydrogen-bond acceptors (Lipinski definition) is 4. The molecule has 3 N–H and O–H groups in total. The van der Waals surface area contributed by atoms with Crippen LogP contribution in [-0.4, -0.2) is 16.9 Å². The van der Waals surface area contributed by atoms with Crippen LogP contribution in [0.3, 0.4) is 0 Å². The molecule has 0 bridgehead atoms. The van der Waals surface area contributed by atoms with E-state index < -0.39 is 4.92 Å². The Morgan fingerprint density at radius 2 is 2.16 bits per heavy atom. The molecule has 1 rings (SSSR count). The maximum Gasteiger partial charge on any atom is 0.274 e. The van der Waals surface area contributed by atoms with Crippen molar-refractivity contribution in [3.05, 3.63) is 39.9 Å². The van der Waals surface area contributed by atoms with E-state index in [2.05, 4.69) is 5.32 Å².